The van der Waals surface area contributed by atoms with Crippen LogP contribution in [-0.2, 0) is 6.54 Å². The van der Waals surface area contributed by atoms with Crippen molar-refractivity contribution in [3.05, 3.63) is 46.0 Å². The molecule has 0 heterocycles. The third-order valence-corrected chi connectivity index (χ3v) is 3.56. The molecule has 0 aliphatic carbocycles. The zero-order chi connectivity index (χ0) is 14.7. The van der Waals surface area contributed by atoms with Crippen LogP contribution in [0.2, 0.25) is 0 Å². The van der Waals surface area contributed by atoms with Gasteiger partial charge in [0.15, 0.2) is 0 Å². The number of benzene rings is 2. The van der Waals surface area contributed by atoms with Crippen LogP contribution in [0, 0.1) is 10.1 Å². The molecule has 0 aromatic heterocycles. The number of non-ortho nitro benzene ring substituents is 1. The first-order chi connectivity index (χ1) is 9.58. The van der Waals surface area contributed by atoms with Gasteiger partial charge in [0.2, 0.25) is 0 Å². The van der Waals surface area contributed by atoms with Crippen LogP contribution in [0.4, 0.5) is 5.69 Å². The van der Waals surface area contributed by atoms with E-state index in [0.29, 0.717) is 22.9 Å². The number of nitro benzene ring substituents is 1. The van der Waals surface area contributed by atoms with Crippen molar-refractivity contribution < 1.29 is 10.0 Å². The van der Waals surface area contributed by atoms with Crippen LogP contribution in [0.15, 0.2) is 30.3 Å². The molecule has 2 aromatic rings. The Bertz CT molecular complexity index is 636. The average Bonchev–Trinajstić information content (AvgIpc) is 2.46. The summed E-state index contributed by atoms with van der Waals surface area (Å²) in [6.07, 6.45) is 0. The van der Waals surface area contributed by atoms with Crippen LogP contribution in [0.1, 0.15) is 19.4 Å². The van der Waals surface area contributed by atoms with Crippen LogP contribution >= 0.6 is 0 Å². The van der Waals surface area contributed by atoms with Gasteiger partial charge in [0, 0.05) is 23.6 Å². The standard InChI is InChI=1S/C15H18N2O3/c1-3-16(4-2)10-11-9-14(17(19)20)12-7-5-6-8-13(12)15(11)18/h5-9,18H,3-4,10H2,1-2H3. The first-order valence-corrected chi connectivity index (χ1v) is 6.68. The first-order valence-electron chi connectivity index (χ1n) is 6.68. The molecule has 0 bridgehead atoms. The molecule has 2 aromatic carbocycles. The molecule has 2 rings (SSSR count). The zero-order valence-corrected chi connectivity index (χ0v) is 11.7. The van der Waals surface area contributed by atoms with Crippen LogP contribution in [0.25, 0.3) is 10.8 Å². The monoisotopic (exact) mass is 274 g/mol. The smallest absolute Gasteiger partial charge is 0.277 e. The molecule has 5 heteroatoms. The summed E-state index contributed by atoms with van der Waals surface area (Å²) in [6, 6.07) is 8.36. The van der Waals surface area contributed by atoms with Crippen molar-refractivity contribution >= 4 is 16.5 Å². The quantitative estimate of drug-likeness (QED) is 0.671. The second-order valence-corrected chi connectivity index (χ2v) is 4.67. The fourth-order valence-corrected chi connectivity index (χ4v) is 2.36. The Balaban J connectivity index is 2.61. The van der Waals surface area contributed by atoms with E-state index in [1.54, 1.807) is 24.3 Å². The largest absolute Gasteiger partial charge is 0.507 e. The number of phenols is 1. The predicted molar refractivity (Wildman–Crippen MR) is 78.9 cm³/mol. The summed E-state index contributed by atoms with van der Waals surface area (Å²) in [4.78, 5) is 12.9. The van der Waals surface area contributed by atoms with Crippen molar-refractivity contribution in [1.29, 1.82) is 0 Å². The normalized spacial score (nSPS) is 11.2. The van der Waals surface area contributed by atoms with E-state index >= 15 is 0 Å². The molecule has 106 valence electrons. The summed E-state index contributed by atoms with van der Waals surface area (Å²) in [5, 5.41) is 22.6. The minimum absolute atomic E-state index is 0.0422. The highest BCUT2D eigenvalue weighted by atomic mass is 16.6. The number of nitrogens with zero attached hydrogens (tertiary/aromatic N) is 2. The lowest BCUT2D eigenvalue weighted by molar-refractivity contribution is -0.383. The number of phenolic OH excluding ortho intramolecular Hbond substituents is 1. The van der Waals surface area contributed by atoms with Gasteiger partial charge in [-0.25, -0.2) is 0 Å². The molecule has 1 N–H and O–H groups in total. The maximum absolute atomic E-state index is 11.2. The summed E-state index contributed by atoms with van der Waals surface area (Å²) in [6.45, 7) is 6.21. The fraction of sp³-hybridized carbons (Fsp3) is 0.333. The second kappa shape index (κ2) is 5.88. The minimum Gasteiger partial charge on any atom is -0.507 e. The van der Waals surface area contributed by atoms with Gasteiger partial charge in [-0.3, -0.25) is 15.0 Å². The highest BCUT2D eigenvalue weighted by Crippen LogP contribution is 2.36. The lowest BCUT2D eigenvalue weighted by Crippen LogP contribution is -2.22. The van der Waals surface area contributed by atoms with Gasteiger partial charge in [0.25, 0.3) is 5.69 Å². The van der Waals surface area contributed by atoms with Crippen LogP contribution < -0.4 is 0 Å². The Labute approximate surface area is 117 Å². The third kappa shape index (κ3) is 2.58. The molecular formula is C15H18N2O3. The minimum atomic E-state index is -0.395. The van der Waals surface area contributed by atoms with Gasteiger partial charge in [-0.15, -0.1) is 0 Å². The van der Waals surface area contributed by atoms with Crippen molar-refractivity contribution in [2.45, 2.75) is 20.4 Å². The molecule has 0 aliphatic heterocycles. The van der Waals surface area contributed by atoms with E-state index < -0.39 is 4.92 Å². The number of hydrogen-bond acceptors (Lipinski definition) is 4. The molecule has 0 fully saturated rings. The van der Waals surface area contributed by atoms with Crippen molar-refractivity contribution in [1.82, 2.24) is 4.90 Å². The SMILES string of the molecule is CCN(CC)Cc1cc([N+](=O)[O-])c2ccccc2c1O. The van der Waals surface area contributed by atoms with Crippen molar-refractivity contribution in [2.75, 3.05) is 13.1 Å². The molecule has 0 saturated heterocycles. The van der Waals surface area contributed by atoms with Gasteiger partial charge >= 0.3 is 0 Å². The van der Waals surface area contributed by atoms with Crippen LogP contribution in [0.3, 0.4) is 0 Å². The zero-order valence-electron chi connectivity index (χ0n) is 11.7. The first kappa shape index (κ1) is 14.3. The number of nitro groups is 1. The van der Waals surface area contributed by atoms with E-state index in [4.69, 9.17) is 0 Å². The molecule has 0 radical (unpaired) electrons. The molecule has 0 aliphatic rings. The summed E-state index contributed by atoms with van der Waals surface area (Å²) in [7, 11) is 0. The summed E-state index contributed by atoms with van der Waals surface area (Å²) >= 11 is 0. The van der Waals surface area contributed by atoms with Gasteiger partial charge in [-0.05, 0) is 19.2 Å². The average molecular weight is 274 g/mol. The van der Waals surface area contributed by atoms with Crippen molar-refractivity contribution in [3.63, 3.8) is 0 Å². The number of aromatic hydroxyl groups is 1. The maximum Gasteiger partial charge on any atom is 0.277 e. The van der Waals surface area contributed by atoms with E-state index in [1.165, 1.54) is 6.07 Å². The maximum atomic E-state index is 11.2. The Hall–Kier alpha value is -2.14. The van der Waals surface area contributed by atoms with Gasteiger partial charge in [-0.2, -0.15) is 0 Å². The topological polar surface area (TPSA) is 66.6 Å². The predicted octanol–water partition coefficient (Wildman–Crippen LogP) is 3.30. The lowest BCUT2D eigenvalue weighted by atomic mass is 10.0. The van der Waals surface area contributed by atoms with Crippen molar-refractivity contribution in [3.8, 4) is 5.75 Å². The van der Waals surface area contributed by atoms with Crippen molar-refractivity contribution in [2.24, 2.45) is 0 Å². The fourth-order valence-electron chi connectivity index (χ4n) is 2.36. The molecule has 0 spiro atoms. The van der Waals surface area contributed by atoms with E-state index in [1.807, 2.05) is 13.8 Å². The number of rotatable bonds is 5. The summed E-state index contributed by atoms with van der Waals surface area (Å²) in [5.41, 5.74) is 0.639. The Morgan fingerprint density at radius 2 is 1.80 bits per heavy atom. The van der Waals surface area contributed by atoms with Crippen LogP contribution in [-0.4, -0.2) is 28.0 Å². The molecule has 0 unspecified atom stereocenters. The van der Waals surface area contributed by atoms with Gasteiger partial charge in [-0.1, -0.05) is 32.0 Å². The Morgan fingerprint density at radius 3 is 2.35 bits per heavy atom. The molecule has 5 nitrogen and oxygen atoms in total. The molecule has 0 amide bonds. The number of hydrogen-bond donors (Lipinski definition) is 1. The third-order valence-electron chi connectivity index (χ3n) is 3.56. The second-order valence-electron chi connectivity index (χ2n) is 4.67. The Morgan fingerprint density at radius 1 is 1.20 bits per heavy atom. The van der Waals surface area contributed by atoms with Gasteiger partial charge in [0.1, 0.15) is 5.75 Å². The summed E-state index contributed by atoms with van der Waals surface area (Å²) in [5.74, 6) is 0.137. The highest BCUT2D eigenvalue weighted by Gasteiger charge is 2.19. The van der Waals surface area contributed by atoms with E-state index in [2.05, 4.69) is 4.90 Å². The molecular weight excluding hydrogens is 256 g/mol. The highest BCUT2D eigenvalue weighted by molar-refractivity contribution is 5.96. The van der Waals surface area contributed by atoms with Crippen LogP contribution in [0.5, 0.6) is 5.75 Å². The molecule has 0 saturated carbocycles. The van der Waals surface area contributed by atoms with E-state index in [-0.39, 0.29) is 11.4 Å². The summed E-state index contributed by atoms with van der Waals surface area (Å²) < 4.78 is 0. The molecule has 0 atom stereocenters. The number of fused-ring (bicyclic) bond motifs is 1. The van der Waals surface area contributed by atoms with Gasteiger partial charge < -0.3 is 5.11 Å². The lowest BCUT2D eigenvalue weighted by Gasteiger charge is -2.19. The van der Waals surface area contributed by atoms with E-state index in [0.717, 1.165) is 13.1 Å². The Kier molecular flexibility index (Phi) is 4.20. The van der Waals surface area contributed by atoms with Gasteiger partial charge in [0.05, 0.1) is 10.3 Å². The van der Waals surface area contributed by atoms with E-state index in [9.17, 15) is 15.2 Å². The molecule has 20 heavy (non-hydrogen) atoms.